The fourth-order valence-electron chi connectivity index (χ4n) is 1.34. The molecule has 0 aliphatic carbocycles. The summed E-state index contributed by atoms with van der Waals surface area (Å²) >= 11 is 0.952. The van der Waals surface area contributed by atoms with Crippen molar-refractivity contribution in [1.29, 1.82) is 0 Å². The Morgan fingerprint density at radius 3 is 2.60 bits per heavy atom. The molecule has 112 valence electrons. The Kier molecular flexibility index (Phi) is 5.52. The zero-order valence-corrected chi connectivity index (χ0v) is 12.9. The molecule has 0 saturated heterocycles. The molecule has 1 N–H and O–H groups in total. The van der Waals surface area contributed by atoms with Crippen molar-refractivity contribution in [1.82, 2.24) is 0 Å². The van der Waals surface area contributed by atoms with E-state index in [0.29, 0.717) is 10.4 Å². The summed E-state index contributed by atoms with van der Waals surface area (Å²) in [7, 11) is -2.75. The van der Waals surface area contributed by atoms with E-state index in [4.69, 9.17) is 4.74 Å². The van der Waals surface area contributed by atoms with Crippen LogP contribution in [-0.4, -0.2) is 39.8 Å². The van der Waals surface area contributed by atoms with Gasteiger partial charge in [0.15, 0.2) is 5.75 Å². The smallest absolute Gasteiger partial charge is 0.348 e. The van der Waals surface area contributed by atoms with Gasteiger partial charge in [-0.15, -0.1) is 11.3 Å². The molecule has 0 unspecified atom stereocenters. The van der Waals surface area contributed by atoms with Crippen molar-refractivity contribution in [2.45, 2.75) is 13.8 Å². The monoisotopic (exact) mass is 321 g/mol. The number of thiophene rings is 1. The summed E-state index contributed by atoms with van der Waals surface area (Å²) < 4.78 is 34.7. The van der Waals surface area contributed by atoms with Crippen molar-refractivity contribution in [2.24, 2.45) is 0 Å². The van der Waals surface area contributed by atoms with E-state index in [2.05, 4.69) is 9.46 Å². The molecular formula is C11H15NO6S2. The summed E-state index contributed by atoms with van der Waals surface area (Å²) in [6.07, 6.45) is 0. The molecule has 0 radical (unpaired) electrons. The summed E-state index contributed by atoms with van der Waals surface area (Å²) in [5.74, 6) is -2.15. The largest absolute Gasteiger partial charge is 0.468 e. The van der Waals surface area contributed by atoms with E-state index < -0.39 is 27.7 Å². The lowest BCUT2D eigenvalue weighted by atomic mass is 10.3. The zero-order valence-electron chi connectivity index (χ0n) is 11.3. The van der Waals surface area contributed by atoms with E-state index in [-0.39, 0.29) is 11.6 Å². The number of rotatable bonds is 6. The topological polar surface area (TPSA) is 98.8 Å². The summed E-state index contributed by atoms with van der Waals surface area (Å²) in [6, 6.07) is 1.51. The van der Waals surface area contributed by atoms with Crippen LogP contribution in [0.5, 0.6) is 0 Å². The summed E-state index contributed by atoms with van der Waals surface area (Å²) in [5.41, 5.74) is 0.601. The molecule has 9 heteroatoms. The average Bonchev–Trinajstić information content (AvgIpc) is 2.68. The molecule has 0 aromatic carbocycles. The Morgan fingerprint density at radius 2 is 2.05 bits per heavy atom. The standard InChI is InChI=1S/C11H15NO6S2/c1-4-18-11(14)10-7(2)5-8(19-10)12-20(15,16)6-9(13)17-3/h5,12H,4,6H2,1-3H3. The number of sulfonamides is 1. The molecule has 0 fully saturated rings. The second-order valence-electron chi connectivity index (χ2n) is 3.78. The third-order valence-corrected chi connectivity index (χ3v) is 4.58. The SMILES string of the molecule is CCOC(=O)c1sc(NS(=O)(=O)CC(=O)OC)cc1C. The number of esters is 2. The van der Waals surface area contributed by atoms with Gasteiger partial charge >= 0.3 is 11.9 Å². The van der Waals surface area contributed by atoms with Crippen molar-refractivity contribution in [3.63, 3.8) is 0 Å². The lowest BCUT2D eigenvalue weighted by Gasteiger charge is -2.04. The van der Waals surface area contributed by atoms with Crippen LogP contribution in [0.2, 0.25) is 0 Å². The first kappa shape index (κ1) is 16.4. The summed E-state index contributed by atoms with van der Waals surface area (Å²) in [5, 5.41) is 0.245. The molecule has 0 amide bonds. The van der Waals surface area contributed by atoms with Crippen LogP contribution in [-0.2, 0) is 24.3 Å². The number of hydrogen-bond acceptors (Lipinski definition) is 7. The second kappa shape index (κ2) is 6.71. The van der Waals surface area contributed by atoms with E-state index >= 15 is 0 Å². The van der Waals surface area contributed by atoms with Gasteiger partial charge in [0, 0.05) is 0 Å². The van der Waals surface area contributed by atoms with Gasteiger partial charge in [-0.05, 0) is 25.5 Å². The number of aryl methyl sites for hydroxylation is 1. The van der Waals surface area contributed by atoms with Crippen molar-refractivity contribution < 1.29 is 27.5 Å². The molecule has 1 rings (SSSR count). The minimum absolute atomic E-state index is 0.236. The quantitative estimate of drug-likeness (QED) is 0.789. The number of carbonyl (C=O) groups is 2. The van der Waals surface area contributed by atoms with Gasteiger partial charge in [-0.2, -0.15) is 0 Å². The third-order valence-electron chi connectivity index (χ3n) is 2.17. The Balaban J connectivity index is 2.87. The number of nitrogens with one attached hydrogen (secondary N) is 1. The van der Waals surface area contributed by atoms with Gasteiger partial charge in [0.25, 0.3) is 0 Å². The van der Waals surface area contributed by atoms with Crippen molar-refractivity contribution in [3.8, 4) is 0 Å². The number of methoxy groups -OCH3 is 1. The Bertz CT molecular complexity index is 604. The minimum atomic E-state index is -3.85. The predicted molar refractivity (Wildman–Crippen MR) is 74.4 cm³/mol. The Morgan fingerprint density at radius 1 is 1.40 bits per heavy atom. The number of carbonyl (C=O) groups excluding carboxylic acids is 2. The molecule has 0 aliphatic heterocycles. The minimum Gasteiger partial charge on any atom is -0.468 e. The van der Waals surface area contributed by atoms with Gasteiger partial charge < -0.3 is 9.47 Å². The van der Waals surface area contributed by atoms with Crippen molar-refractivity contribution >= 4 is 38.3 Å². The molecular weight excluding hydrogens is 306 g/mol. The van der Waals surface area contributed by atoms with E-state index in [1.54, 1.807) is 13.8 Å². The molecule has 1 heterocycles. The van der Waals surface area contributed by atoms with Gasteiger partial charge in [-0.3, -0.25) is 9.52 Å². The highest BCUT2D eigenvalue weighted by molar-refractivity contribution is 7.93. The van der Waals surface area contributed by atoms with Crippen LogP contribution in [0.25, 0.3) is 0 Å². The van der Waals surface area contributed by atoms with E-state index in [9.17, 15) is 18.0 Å². The number of anilines is 1. The lowest BCUT2D eigenvalue weighted by Crippen LogP contribution is -2.23. The van der Waals surface area contributed by atoms with Gasteiger partial charge in [0.1, 0.15) is 9.88 Å². The van der Waals surface area contributed by atoms with Crippen LogP contribution in [0.15, 0.2) is 6.07 Å². The Hall–Kier alpha value is -1.61. The molecule has 0 saturated carbocycles. The maximum atomic E-state index is 11.7. The fraction of sp³-hybridized carbons (Fsp3) is 0.455. The van der Waals surface area contributed by atoms with Crippen molar-refractivity contribution in [2.75, 3.05) is 24.2 Å². The maximum absolute atomic E-state index is 11.7. The number of hydrogen-bond donors (Lipinski definition) is 1. The van der Waals surface area contributed by atoms with Crippen LogP contribution >= 0.6 is 11.3 Å². The van der Waals surface area contributed by atoms with Gasteiger partial charge in [-0.25, -0.2) is 13.2 Å². The van der Waals surface area contributed by atoms with Crippen molar-refractivity contribution in [3.05, 3.63) is 16.5 Å². The highest BCUT2D eigenvalue weighted by atomic mass is 32.2. The van der Waals surface area contributed by atoms with Crippen LogP contribution in [0, 0.1) is 6.92 Å². The molecule has 1 aromatic rings. The van der Waals surface area contributed by atoms with Gasteiger partial charge in [-0.1, -0.05) is 0 Å². The highest BCUT2D eigenvalue weighted by Crippen LogP contribution is 2.28. The molecule has 0 aliphatic rings. The van der Waals surface area contributed by atoms with Crippen LogP contribution < -0.4 is 4.72 Å². The summed E-state index contributed by atoms with van der Waals surface area (Å²) in [4.78, 5) is 22.9. The van der Waals surface area contributed by atoms with E-state index in [0.717, 1.165) is 18.4 Å². The molecule has 0 spiro atoms. The third kappa shape index (κ3) is 4.49. The molecule has 0 atom stereocenters. The fourth-order valence-corrected chi connectivity index (χ4v) is 3.57. The first-order chi connectivity index (χ1) is 9.29. The molecule has 0 bridgehead atoms. The zero-order chi connectivity index (χ0) is 15.3. The number of ether oxygens (including phenoxy) is 2. The Labute approximate surface area is 120 Å². The normalized spacial score (nSPS) is 10.9. The van der Waals surface area contributed by atoms with Crippen LogP contribution in [0.4, 0.5) is 5.00 Å². The van der Waals surface area contributed by atoms with Gasteiger partial charge in [0.05, 0.1) is 13.7 Å². The molecule has 20 heavy (non-hydrogen) atoms. The molecule has 1 aromatic heterocycles. The average molecular weight is 321 g/mol. The second-order valence-corrected chi connectivity index (χ2v) is 6.56. The first-order valence-electron chi connectivity index (χ1n) is 5.64. The van der Waals surface area contributed by atoms with E-state index in [1.807, 2.05) is 0 Å². The van der Waals surface area contributed by atoms with Crippen LogP contribution in [0.3, 0.4) is 0 Å². The summed E-state index contributed by atoms with van der Waals surface area (Å²) in [6.45, 7) is 3.58. The lowest BCUT2D eigenvalue weighted by molar-refractivity contribution is -0.137. The highest BCUT2D eigenvalue weighted by Gasteiger charge is 2.20. The van der Waals surface area contributed by atoms with Crippen LogP contribution in [0.1, 0.15) is 22.2 Å². The van der Waals surface area contributed by atoms with E-state index in [1.165, 1.54) is 6.07 Å². The van der Waals surface area contributed by atoms with Gasteiger partial charge in [0.2, 0.25) is 10.0 Å². The first-order valence-corrected chi connectivity index (χ1v) is 8.10. The molecule has 7 nitrogen and oxygen atoms in total. The maximum Gasteiger partial charge on any atom is 0.348 e. The predicted octanol–water partition coefficient (Wildman–Crippen LogP) is 1.15.